The molecule has 0 radical (unpaired) electrons. The number of nitrogens with zero attached hydrogens (tertiary/aromatic N) is 3. The lowest BCUT2D eigenvalue weighted by Gasteiger charge is -2.17. The molecule has 0 bridgehead atoms. The Morgan fingerprint density at radius 3 is 2.64 bits per heavy atom. The first-order chi connectivity index (χ1) is 12.1. The number of rotatable bonds is 3. The molecule has 1 saturated carbocycles. The van der Waals surface area contributed by atoms with Crippen molar-refractivity contribution in [3.63, 3.8) is 0 Å². The summed E-state index contributed by atoms with van der Waals surface area (Å²) >= 11 is 0. The van der Waals surface area contributed by atoms with Crippen LogP contribution in [0.5, 0.6) is 0 Å². The van der Waals surface area contributed by atoms with Gasteiger partial charge in [-0.15, -0.1) is 0 Å². The summed E-state index contributed by atoms with van der Waals surface area (Å²) in [6, 6.07) is 8.63. The zero-order valence-corrected chi connectivity index (χ0v) is 15.4. The van der Waals surface area contributed by atoms with Crippen LogP contribution in [0.15, 0.2) is 36.7 Å². The SMILES string of the molecule is CC.CN(C)C(=O)[C@H]1C[C@@H]1c1ccc(C2=Cn3ccnc3NC2)cc1. The van der Waals surface area contributed by atoms with E-state index in [0.717, 1.165) is 18.9 Å². The summed E-state index contributed by atoms with van der Waals surface area (Å²) in [4.78, 5) is 17.9. The van der Waals surface area contributed by atoms with E-state index < -0.39 is 0 Å². The predicted octanol–water partition coefficient (Wildman–Crippen LogP) is 3.52. The van der Waals surface area contributed by atoms with Gasteiger partial charge in [0.2, 0.25) is 11.9 Å². The van der Waals surface area contributed by atoms with Gasteiger partial charge in [0.1, 0.15) is 0 Å². The third kappa shape index (κ3) is 3.45. The third-order valence-corrected chi connectivity index (χ3v) is 4.66. The molecule has 132 valence electrons. The molecular weight excluding hydrogens is 312 g/mol. The average Bonchev–Trinajstić information content (AvgIpc) is 3.31. The minimum absolute atomic E-state index is 0.167. The highest BCUT2D eigenvalue weighted by atomic mass is 16.2. The molecule has 4 rings (SSSR count). The number of benzene rings is 1. The Balaban J connectivity index is 0.000000880. The number of anilines is 1. The normalized spacial score (nSPS) is 20.4. The molecule has 1 aromatic carbocycles. The topological polar surface area (TPSA) is 50.2 Å². The largest absolute Gasteiger partial charge is 0.351 e. The van der Waals surface area contributed by atoms with Gasteiger partial charge in [0.25, 0.3) is 0 Å². The summed E-state index contributed by atoms with van der Waals surface area (Å²) in [5, 5.41) is 3.31. The average molecular weight is 338 g/mol. The fraction of sp³-hybridized carbons (Fsp3) is 0.400. The number of imidazole rings is 1. The van der Waals surface area contributed by atoms with E-state index in [0.29, 0.717) is 5.92 Å². The number of fused-ring (bicyclic) bond motifs is 1. The van der Waals surface area contributed by atoms with Crippen molar-refractivity contribution in [1.29, 1.82) is 0 Å². The number of aromatic nitrogens is 2. The molecule has 2 atom stereocenters. The molecule has 1 aliphatic carbocycles. The van der Waals surface area contributed by atoms with E-state index >= 15 is 0 Å². The van der Waals surface area contributed by atoms with Crippen molar-refractivity contribution in [3.8, 4) is 0 Å². The molecule has 2 aliphatic rings. The van der Waals surface area contributed by atoms with E-state index in [2.05, 4.69) is 40.8 Å². The second-order valence-electron chi connectivity index (χ2n) is 6.47. The highest BCUT2D eigenvalue weighted by molar-refractivity contribution is 5.83. The molecule has 5 heteroatoms. The summed E-state index contributed by atoms with van der Waals surface area (Å²) in [5.74, 6) is 1.68. The first kappa shape index (κ1) is 17.3. The number of carbonyl (C=O) groups is 1. The van der Waals surface area contributed by atoms with Gasteiger partial charge in [0.15, 0.2) is 0 Å². The summed E-state index contributed by atoms with van der Waals surface area (Å²) in [6.45, 7) is 4.78. The van der Waals surface area contributed by atoms with Crippen LogP contribution in [-0.4, -0.2) is 41.0 Å². The van der Waals surface area contributed by atoms with Gasteiger partial charge in [-0.05, 0) is 29.0 Å². The van der Waals surface area contributed by atoms with E-state index in [9.17, 15) is 4.79 Å². The molecule has 0 spiro atoms. The molecule has 1 amide bonds. The lowest BCUT2D eigenvalue weighted by molar-refractivity contribution is -0.130. The number of amides is 1. The van der Waals surface area contributed by atoms with E-state index in [1.165, 1.54) is 16.7 Å². The van der Waals surface area contributed by atoms with Gasteiger partial charge in [-0.2, -0.15) is 0 Å². The highest BCUT2D eigenvalue weighted by Gasteiger charge is 2.44. The fourth-order valence-electron chi connectivity index (χ4n) is 3.23. The van der Waals surface area contributed by atoms with Crippen molar-refractivity contribution in [1.82, 2.24) is 14.5 Å². The van der Waals surface area contributed by atoms with Gasteiger partial charge in [-0.25, -0.2) is 4.98 Å². The van der Waals surface area contributed by atoms with Crippen LogP contribution in [0, 0.1) is 5.92 Å². The molecule has 1 fully saturated rings. The molecule has 0 unspecified atom stereocenters. The van der Waals surface area contributed by atoms with E-state index in [1.54, 1.807) is 11.1 Å². The predicted molar refractivity (Wildman–Crippen MR) is 102 cm³/mol. The Labute approximate surface area is 149 Å². The van der Waals surface area contributed by atoms with Crippen molar-refractivity contribution >= 4 is 23.6 Å². The second-order valence-corrected chi connectivity index (χ2v) is 6.47. The smallest absolute Gasteiger partial charge is 0.225 e. The van der Waals surface area contributed by atoms with E-state index in [4.69, 9.17) is 0 Å². The van der Waals surface area contributed by atoms with Crippen LogP contribution in [0.4, 0.5) is 5.95 Å². The van der Waals surface area contributed by atoms with Gasteiger partial charge in [-0.3, -0.25) is 9.36 Å². The lowest BCUT2D eigenvalue weighted by Crippen LogP contribution is -2.23. The Hall–Kier alpha value is -2.56. The van der Waals surface area contributed by atoms with Gasteiger partial charge < -0.3 is 10.2 Å². The van der Waals surface area contributed by atoms with Crippen molar-refractivity contribution in [2.45, 2.75) is 26.2 Å². The molecule has 1 aromatic heterocycles. The van der Waals surface area contributed by atoms with Gasteiger partial charge in [0.05, 0.1) is 0 Å². The molecular formula is C20H26N4O. The van der Waals surface area contributed by atoms with Crippen LogP contribution in [0.1, 0.15) is 37.3 Å². The lowest BCUT2D eigenvalue weighted by atomic mass is 10.0. The quantitative estimate of drug-likeness (QED) is 0.931. The van der Waals surface area contributed by atoms with Gasteiger partial charge in [-0.1, -0.05) is 38.1 Å². The zero-order chi connectivity index (χ0) is 18.0. The maximum atomic E-state index is 12.0. The number of carbonyl (C=O) groups excluding carboxylic acids is 1. The standard InChI is InChI=1S/C18H20N4O.C2H6/c1-21(2)17(23)16-9-15(16)13-5-3-12(4-6-13)14-10-20-18-19-7-8-22(18)11-14;1-2/h3-8,11,15-16H,9-10H2,1-2H3,(H,19,20);1-2H3/t15-,16+;/m1./s1. The number of hydrogen-bond donors (Lipinski definition) is 1. The Bertz CT molecular complexity index is 773. The summed E-state index contributed by atoms with van der Waals surface area (Å²) in [7, 11) is 3.65. The second kappa shape index (κ2) is 7.13. The monoisotopic (exact) mass is 338 g/mol. The maximum Gasteiger partial charge on any atom is 0.225 e. The van der Waals surface area contributed by atoms with Crippen LogP contribution in [0.3, 0.4) is 0 Å². The number of hydrogen-bond acceptors (Lipinski definition) is 3. The highest BCUT2D eigenvalue weighted by Crippen LogP contribution is 2.48. The summed E-state index contributed by atoms with van der Waals surface area (Å²) < 4.78 is 2.00. The molecule has 25 heavy (non-hydrogen) atoms. The van der Waals surface area contributed by atoms with Gasteiger partial charge >= 0.3 is 0 Å². The van der Waals surface area contributed by atoms with Crippen molar-refractivity contribution in [3.05, 3.63) is 47.8 Å². The summed E-state index contributed by atoms with van der Waals surface area (Å²) in [6.07, 6.45) is 6.82. The molecule has 1 aliphatic heterocycles. The molecule has 2 aromatic rings. The van der Waals surface area contributed by atoms with Crippen molar-refractivity contribution in [2.24, 2.45) is 5.92 Å². The third-order valence-electron chi connectivity index (χ3n) is 4.66. The van der Waals surface area contributed by atoms with Crippen LogP contribution in [-0.2, 0) is 4.79 Å². The van der Waals surface area contributed by atoms with Crippen LogP contribution in [0.2, 0.25) is 0 Å². The number of nitrogens with one attached hydrogen (secondary N) is 1. The Morgan fingerprint density at radius 2 is 1.96 bits per heavy atom. The minimum Gasteiger partial charge on any atom is -0.351 e. The summed E-state index contributed by atoms with van der Waals surface area (Å²) in [5.41, 5.74) is 3.71. The first-order valence-corrected chi connectivity index (χ1v) is 8.92. The van der Waals surface area contributed by atoms with Crippen LogP contribution >= 0.6 is 0 Å². The molecule has 2 heterocycles. The van der Waals surface area contributed by atoms with E-state index in [1.807, 2.05) is 38.7 Å². The van der Waals surface area contributed by atoms with Crippen LogP contribution < -0.4 is 5.32 Å². The van der Waals surface area contributed by atoms with Crippen molar-refractivity contribution in [2.75, 3.05) is 26.0 Å². The fourth-order valence-corrected chi connectivity index (χ4v) is 3.23. The first-order valence-electron chi connectivity index (χ1n) is 8.92. The molecule has 1 N–H and O–H groups in total. The molecule has 0 saturated heterocycles. The van der Waals surface area contributed by atoms with Crippen molar-refractivity contribution < 1.29 is 4.79 Å². The minimum atomic E-state index is 0.167. The van der Waals surface area contributed by atoms with Gasteiger partial charge in [0, 0.05) is 45.2 Å². The maximum absolute atomic E-state index is 12.0. The Kier molecular flexibility index (Phi) is 4.93. The Morgan fingerprint density at radius 1 is 1.24 bits per heavy atom. The zero-order valence-electron chi connectivity index (χ0n) is 15.4. The van der Waals surface area contributed by atoms with E-state index in [-0.39, 0.29) is 11.8 Å². The van der Waals surface area contributed by atoms with Crippen LogP contribution in [0.25, 0.3) is 11.8 Å². The molecule has 5 nitrogen and oxygen atoms in total.